The molecule has 0 saturated carbocycles. The lowest BCUT2D eigenvalue weighted by molar-refractivity contribution is 0.156. The van der Waals surface area contributed by atoms with E-state index in [4.69, 9.17) is 9.57 Å². The van der Waals surface area contributed by atoms with Crippen LogP contribution in [0.4, 0.5) is 17.5 Å². The molecule has 0 amide bonds. The van der Waals surface area contributed by atoms with E-state index in [2.05, 4.69) is 52.2 Å². The molecule has 0 radical (unpaired) electrons. The second-order valence-corrected chi connectivity index (χ2v) is 8.30. The van der Waals surface area contributed by atoms with Crippen molar-refractivity contribution in [2.75, 3.05) is 43.2 Å². The Morgan fingerprint density at radius 2 is 1.91 bits per heavy atom. The third-order valence-electron chi connectivity index (χ3n) is 6.08. The Kier molecular flexibility index (Phi) is 8.49. The van der Waals surface area contributed by atoms with Gasteiger partial charge in [-0.3, -0.25) is 4.84 Å². The van der Waals surface area contributed by atoms with E-state index in [1.807, 2.05) is 42.5 Å². The maximum Gasteiger partial charge on any atom is 0.229 e. The van der Waals surface area contributed by atoms with Crippen molar-refractivity contribution >= 4 is 17.5 Å². The number of ether oxygens (including phenoxy) is 1. The molecule has 1 aliphatic rings. The molecule has 0 bridgehead atoms. The SMILES string of the molecule is CCN(CC)CCCOc1ccc(Nc2ncc(C#N)c(N3OCCC3c3ccccc3)n2)cc1. The minimum Gasteiger partial charge on any atom is -0.494 e. The first-order valence-electron chi connectivity index (χ1n) is 12.2. The molecule has 1 saturated heterocycles. The zero-order valence-electron chi connectivity index (χ0n) is 20.4. The van der Waals surface area contributed by atoms with E-state index in [0.29, 0.717) is 30.5 Å². The molecule has 1 fully saturated rings. The third kappa shape index (κ3) is 6.27. The number of nitrogens with one attached hydrogen (secondary N) is 1. The predicted molar refractivity (Wildman–Crippen MR) is 137 cm³/mol. The molecule has 8 heteroatoms. The summed E-state index contributed by atoms with van der Waals surface area (Å²) >= 11 is 0. The van der Waals surface area contributed by atoms with Crippen LogP contribution in [-0.2, 0) is 4.84 Å². The fourth-order valence-electron chi connectivity index (χ4n) is 4.12. The highest BCUT2D eigenvalue weighted by Crippen LogP contribution is 2.35. The molecule has 1 atom stereocenters. The van der Waals surface area contributed by atoms with Crippen molar-refractivity contribution in [3.05, 3.63) is 71.9 Å². The first kappa shape index (κ1) is 24.5. The second-order valence-electron chi connectivity index (χ2n) is 8.30. The number of hydrogen-bond acceptors (Lipinski definition) is 8. The average molecular weight is 473 g/mol. The van der Waals surface area contributed by atoms with Crippen LogP contribution >= 0.6 is 0 Å². The van der Waals surface area contributed by atoms with Crippen LogP contribution in [0.5, 0.6) is 5.75 Å². The van der Waals surface area contributed by atoms with E-state index in [0.717, 1.165) is 49.5 Å². The highest BCUT2D eigenvalue weighted by molar-refractivity contribution is 5.60. The number of benzene rings is 2. The van der Waals surface area contributed by atoms with Gasteiger partial charge in [-0.15, -0.1) is 0 Å². The molecular weight excluding hydrogens is 440 g/mol. The number of hydrogen-bond donors (Lipinski definition) is 1. The number of nitriles is 1. The van der Waals surface area contributed by atoms with E-state index in [1.165, 1.54) is 6.20 Å². The monoisotopic (exact) mass is 472 g/mol. The molecule has 1 aliphatic heterocycles. The first-order chi connectivity index (χ1) is 17.2. The minimum absolute atomic E-state index is 0.00999. The summed E-state index contributed by atoms with van der Waals surface area (Å²) in [6.07, 6.45) is 3.34. The van der Waals surface area contributed by atoms with Crippen LogP contribution in [0.1, 0.15) is 43.9 Å². The van der Waals surface area contributed by atoms with Gasteiger partial charge in [0.1, 0.15) is 17.4 Å². The van der Waals surface area contributed by atoms with Gasteiger partial charge in [0.15, 0.2) is 5.82 Å². The van der Waals surface area contributed by atoms with Crippen molar-refractivity contribution in [1.82, 2.24) is 14.9 Å². The lowest BCUT2D eigenvalue weighted by Gasteiger charge is -2.24. The third-order valence-corrected chi connectivity index (χ3v) is 6.08. The van der Waals surface area contributed by atoms with E-state index in [-0.39, 0.29) is 6.04 Å². The van der Waals surface area contributed by atoms with Crippen molar-refractivity contribution in [2.45, 2.75) is 32.7 Å². The molecule has 1 aromatic heterocycles. The van der Waals surface area contributed by atoms with Crippen LogP contribution in [-0.4, -0.2) is 47.7 Å². The maximum atomic E-state index is 9.64. The van der Waals surface area contributed by atoms with E-state index >= 15 is 0 Å². The summed E-state index contributed by atoms with van der Waals surface area (Å²) in [5.41, 5.74) is 2.32. The van der Waals surface area contributed by atoms with Crippen molar-refractivity contribution in [1.29, 1.82) is 5.26 Å². The lowest BCUT2D eigenvalue weighted by atomic mass is 10.0. The zero-order valence-corrected chi connectivity index (χ0v) is 20.4. The van der Waals surface area contributed by atoms with Gasteiger partial charge in [0, 0.05) is 18.7 Å². The number of hydroxylamine groups is 1. The molecule has 8 nitrogen and oxygen atoms in total. The fourth-order valence-corrected chi connectivity index (χ4v) is 4.12. The molecule has 3 aromatic rings. The molecule has 1 N–H and O–H groups in total. The van der Waals surface area contributed by atoms with Crippen molar-refractivity contribution in [3.8, 4) is 11.8 Å². The topological polar surface area (TPSA) is 86.5 Å². The molecule has 0 aliphatic carbocycles. The zero-order chi connectivity index (χ0) is 24.5. The van der Waals surface area contributed by atoms with Gasteiger partial charge in [-0.1, -0.05) is 44.2 Å². The Morgan fingerprint density at radius 3 is 2.63 bits per heavy atom. The quantitative estimate of drug-likeness (QED) is 0.387. The minimum atomic E-state index is -0.00999. The van der Waals surface area contributed by atoms with Crippen LogP contribution < -0.4 is 15.1 Å². The smallest absolute Gasteiger partial charge is 0.229 e. The Balaban J connectivity index is 1.41. The molecule has 0 spiro atoms. The summed E-state index contributed by atoms with van der Waals surface area (Å²) in [5, 5.41) is 14.6. The van der Waals surface area contributed by atoms with Crippen LogP contribution in [0, 0.1) is 11.3 Å². The van der Waals surface area contributed by atoms with Gasteiger partial charge < -0.3 is 15.0 Å². The molecule has 182 valence electrons. The van der Waals surface area contributed by atoms with Gasteiger partial charge in [-0.05, 0) is 49.3 Å². The first-order valence-corrected chi connectivity index (χ1v) is 12.2. The van der Waals surface area contributed by atoms with Crippen LogP contribution in [0.2, 0.25) is 0 Å². The Bertz CT molecular complexity index is 1110. The highest BCUT2D eigenvalue weighted by atomic mass is 16.7. The molecule has 2 heterocycles. The van der Waals surface area contributed by atoms with Crippen LogP contribution in [0.3, 0.4) is 0 Å². The number of nitrogens with zero attached hydrogens (tertiary/aromatic N) is 5. The maximum absolute atomic E-state index is 9.64. The summed E-state index contributed by atoms with van der Waals surface area (Å²) in [6.45, 7) is 8.76. The van der Waals surface area contributed by atoms with E-state index in [9.17, 15) is 5.26 Å². The lowest BCUT2D eigenvalue weighted by Crippen LogP contribution is -2.25. The average Bonchev–Trinajstić information content (AvgIpc) is 3.40. The summed E-state index contributed by atoms with van der Waals surface area (Å²) in [6, 6.07) is 20.0. The standard InChI is InChI=1S/C27H32N6O2/c1-3-32(4-2)16-8-17-34-24-13-11-23(12-14-24)30-27-29-20-22(19-28)26(31-27)33-25(15-18-35-33)21-9-6-5-7-10-21/h5-7,9-14,20,25H,3-4,8,15-18H2,1-2H3,(H,29,30,31). The number of rotatable bonds is 11. The summed E-state index contributed by atoms with van der Waals surface area (Å²) < 4.78 is 5.88. The molecule has 2 aromatic carbocycles. The normalized spacial score (nSPS) is 15.3. The Labute approximate surface area is 207 Å². The van der Waals surface area contributed by atoms with E-state index in [1.54, 1.807) is 5.06 Å². The van der Waals surface area contributed by atoms with Gasteiger partial charge in [-0.25, -0.2) is 10.0 Å². The molecular formula is C27H32N6O2. The molecule has 35 heavy (non-hydrogen) atoms. The van der Waals surface area contributed by atoms with Crippen molar-refractivity contribution in [2.24, 2.45) is 0 Å². The fraction of sp³-hybridized carbons (Fsp3) is 0.370. The van der Waals surface area contributed by atoms with Crippen LogP contribution in [0.25, 0.3) is 0 Å². The summed E-state index contributed by atoms with van der Waals surface area (Å²) in [7, 11) is 0. The molecule has 1 unspecified atom stereocenters. The van der Waals surface area contributed by atoms with Gasteiger partial charge in [-0.2, -0.15) is 10.2 Å². The second kappa shape index (κ2) is 12.2. The summed E-state index contributed by atoms with van der Waals surface area (Å²) in [4.78, 5) is 17.2. The largest absolute Gasteiger partial charge is 0.494 e. The van der Waals surface area contributed by atoms with Gasteiger partial charge in [0.05, 0.1) is 25.5 Å². The van der Waals surface area contributed by atoms with Crippen molar-refractivity contribution in [3.63, 3.8) is 0 Å². The Hall–Kier alpha value is -3.67. The van der Waals surface area contributed by atoms with Crippen molar-refractivity contribution < 1.29 is 9.57 Å². The van der Waals surface area contributed by atoms with Crippen LogP contribution in [0.15, 0.2) is 60.8 Å². The number of aromatic nitrogens is 2. The summed E-state index contributed by atoms with van der Waals surface area (Å²) in [5.74, 6) is 1.69. The number of anilines is 3. The highest BCUT2D eigenvalue weighted by Gasteiger charge is 2.31. The van der Waals surface area contributed by atoms with Gasteiger partial charge in [0.2, 0.25) is 5.95 Å². The Morgan fingerprint density at radius 1 is 1.14 bits per heavy atom. The molecule has 4 rings (SSSR count). The van der Waals surface area contributed by atoms with Gasteiger partial charge >= 0.3 is 0 Å². The predicted octanol–water partition coefficient (Wildman–Crippen LogP) is 5.09. The van der Waals surface area contributed by atoms with E-state index < -0.39 is 0 Å². The van der Waals surface area contributed by atoms with Gasteiger partial charge in [0.25, 0.3) is 0 Å².